The van der Waals surface area contributed by atoms with E-state index in [1.165, 1.54) is 11.3 Å². The van der Waals surface area contributed by atoms with Crippen LogP contribution in [0.4, 0.5) is 5.69 Å². The number of rotatable bonds is 5. The Morgan fingerprint density at radius 3 is 2.83 bits per heavy atom. The zero-order chi connectivity index (χ0) is 16.2. The van der Waals surface area contributed by atoms with Gasteiger partial charge in [0.2, 0.25) is 0 Å². The second kappa shape index (κ2) is 7.19. The van der Waals surface area contributed by atoms with E-state index >= 15 is 0 Å². The second-order valence-electron chi connectivity index (χ2n) is 5.99. The fourth-order valence-corrected chi connectivity index (χ4v) is 3.51. The third kappa shape index (κ3) is 3.76. The number of carbonyl (C=O) groups excluding carboxylic acids is 1. The topological polar surface area (TPSA) is 55.3 Å². The molecule has 0 spiro atoms. The third-order valence-corrected chi connectivity index (χ3v) is 4.77. The molecule has 3 rings (SSSR count). The monoisotopic (exact) mass is 331 g/mol. The summed E-state index contributed by atoms with van der Waals surface area (Å²) >= 11 is 1.41. The van der Waals surface area contributed by atoms with Crippen molar-refractivity contribution >= 4 is 22.9 Å². The molecule has 1 aliphatic rings. The maximum atomic E-state index is 13.0. The molecule has 3 heterocycles. The molecular weight excluding hydrogens is 310 g/mol. The molecule has 0 radical (unpaired) electrons. The van der Waals surface area contributed by atoms with Crippen LogP contribution >= 0.6 is 11.3 Å². The van der Waals surface area contributed by atoms with Crippen molar-refractivity contribution in [3.63, 3.8) is 0 Å². The Labute approximate surface area is 140 Å². The van der Waals surface area contributed by atoms with E-state index in [-0.39, 0.29) is 12.0 Å². The van der Waals surface area contributed by atoms with Gasteiger partial charge in [-0.05, 0) is 30.9 Å². The molecule has 1 fully saturated rings. The Kier molecular flexibility index (Phi) is 5.03. The Hall–Kier alpha value is -1.79. The molecule has 0 N–H and O–H groups in total. The molecule has 0 bridgehead atoms. The van der Waals surface area contributed by atoms with Crippen LogP contribution in [-0.4, -0.2) is 35.1 Å². The summed E-state index contributed by atoms with van der Waals surface area (Å²) in [6.45, 7) is 5.49. The van der Waals surface area contributed by atoms with E-state index in [4.69, 9.17) is 4.74 Å². The molecule has 0 unspecified atom stereocenters. The zero-order valence-corrected chi connectivity index (χ0v) is 14.3. The van der Waals surface area contributed by atoms with Crippen LogP contribution in [0.5, 0.6) is 0 Å². The quantitative estimate of drug-likeness (QED) is 0.841. The van der Waals surface area contributed by atoms with E-state index in [0.29, 0.717) is 17.5 Å². The van der Waals surface area contributed by atoms with Gasteiger partial charge in [0, 0.05) is 30.1 Å². The molecular formula is C17H21N3O2S. The van der Waals surface area contributed by atoms with Crippen LogP contribution in [0.3, 0.4) is 0 Å². The van der Waals surface area contributed by atoms with Crippen LogP contribution in [0.15, 0.2) is 29.9 Å². The number of nitrogens with zero attached hydrogens (tertiary/aromatic N) is 3. The standard InChI is InChI=1S/C17H21N3O2S/c1-12(2)15-11-23-16(19-15)17(21)20(10-14-4-3-9-22-14)13-5-7-18-8-6-13/h5-8,11-12,14H,3-4,9-10H2,1-2H3/t14-/m1/s1. The summed E-state index contributed by atoms with van der Waals surface area (Å²) in [5, 5.41) is 2.50. The first kappa shape index (κ1) is 16.1. The van der Waals surface area contributed by atoms with Crippen LogP contribution in [0, 0.1) is 0 Å². The molecule has 122 valence electrons. The highest BCUT2D eigenvalue weighted by molar-refractivity contribution is 7.11. The van der Waals surface area contributed by atoms with Gasteiger partial charge in [-0.2, -0.15) is 0 Å². The number of pyridine rings is 1. The summed E-state index contributed by atoms with van der Waals surface area (Å²) in [5.74, 6) is 0.254. The summed E-state index contributed by atoms with van der Waals surface area (Å²) in [6.07, 6.45) is 5.54. The number of carbonyl (C=O) groups is 1. The maximum absolute atomic E-state index is 13.0. The highest BCUT2D eigenvalue weighted by Crippen LogP contribution is 2.24. The predicted molar refractivity (Wildman–Crippen MR) is 91.1 cm³/mol. The van der Waals surface area contributed by atoms with Crippen LogP contribution < -0.4 is 4.90 Å². The average Bonchev–Trinajstić information content (AvgIpc) is 3.24. The van der Waals surface area contributed by atoms with Gasteiger partial charge in [0.05, 0.1) is 18.3 Å². The predicted octanol–water partition coefficient (Wildman–Crippen LogP) is 3.49. The second-order valence-corrected chi connectivity index (χ2v) is 6.85. The molecule has 0 aromatic carbocycles. The lowest BCUT2D eigenvalue weighted by Crippen LogP contribution is -2.37. The highest BCUT2D eigenvalue weighted by atomic mass is 32.1. The van der Waals surface area contributed by atoms with Crippen LogP contribution in [0.25, 0.3) is 0 Å². The van der Waals surface area contributed by atoms with Crippen LogP contribution in [-0.2, 0) is 4.74 Å². The van der Waals surface area contributed by atoms with Crippen molar-refractivity contribution < 1.29 is 9.53 Å². The normalized spacial score (nSPS) is 17.6. The van der Waals surface area contributed by atoms with Gasteiger partial charge < -0.3 is 9.64 Å². The molecule has 1 amide bonds. The summed E-state index contributed by atoms with van der Waals surface area (Å²) in [6, 6.07) is 3.70. The van der Waals surface area contributed by atoms with Crippen molar-refractivity contribution in [2.75, 3.05) is 18.1 Å². The van der Waals surface area contributed by atoms with Crippen molar-refractivity contribution in [3.05, 3.63) is 40.6 Å². The largest absolute Gasteiger partial charge is 0.376 e. The molecule has 0 aliphatic carbocycles. The third-order valence-electron chi connectivity index (χ3n) is 3.93. The number of hydrogen-bond donors (Lipinski definition) is 0. The molecule has 2 aromatic heterocycles. The molecule has 1 saturated heterocycles. The SMILES string of the molecule is CC(C)c1csc(C(=O)N(C[C@H]2CCCO2)c2ccncc2)n1. The van der Waals surface area contributed by atoms with Gasteiger partial charge in [0.15, 0.2) is 5.01 Å². The van der Waals surface area contributed by atoms with Crippen molar-refractivity contribution in [2.24, 2.45) is 0 Å². The molecule has 2 aromatic rings. The van der Waals surface area contributed by atoms with E-state index in [9.17, 15) is 4.79 Å². The van der Waals surface area contributed by atoms with Crippen molar-refractivity contribution in [1.82, 2.24) is 9.97 Å². The van der Waals surface area contributed by atoms with Gasteiger partial charge in [-0.3, -0.25) is 9.78 Å². The number of aromatic nitrogens is 2. The van der Waals surface area contributed by atoms with Crippen molar-refractivity contribution in [2.45, 2.75) is 38.7 Å². The molecule has 6 heteroatoms. The fourth-order valence-electron chi connectivity index (χ4n) is 2.59. The maximum Gasteiger partial charge on any atom is 0.287 e. The van der Waals surface area contributed by atoms with Crippen LogP contribution in [0.1, 0.15) is 48.1 Å². The summed E-state index contributed by atoms with van der Waals surface area (Å²) in [5.41, 5.74) is 1.80. The first-order chi connectivity index (χ1) is 11.1. The van der Waals surface area contributed by atoms with Gasteiger partial charge in [0.1, 0.15) is 0 Å². The van der Waals surface area contributed by atoms with Gasteiger partial charge in [0.25, 0.3) is 5.91 Å². The van der Waals surface area contributed by atoms with E-state index in [1.54, 1.807) is 17.3 Å². The lowest BCUT2D eigenvalue weighted by atomic mass is 10.2. The van der Waals surface area contributed by atoms with E-state index < -0.39 is 0 Å². The van der Waals surface area contributed by atoms with Gasteiger partial charge in [-0.15, -0.1) is 11.3 Å². The molecule has 1 atom stereocenters. The van der Waals surface area contributed by atoms with Gasteiger partial charge >= 0.3 is 0 Å². The average molecular weight is 331 g/mol. The summed E-state index contributed by atoms with van der Waals surface area (Å²) in [7, 11) is 0. The number of amides is 1. The Morgan fingerprint density at radius 1 is 1.43 bits per heavy atom. The van der Waals surface area contributed by atoms with Gasteiger partial charge in [-0.1, -0.05) is 13.8 Å². The number of thiazole rings is 1. The smallest absolute Gasteiger partial charge is 0.287 e. The number of ether oxygens (including phenoxy) is 1. The number of hydrogen-bond acceptors (Lipinski definition) is 5. The first-order valence-electron chi connectivity index (χ1n) is 7.94. The van der Waals surface area contributed by atoms with E-state index in [1.807, 2.05) is 17.5 Å². The van der Waals surface area contributed by atoms with E-state index in [0.717, 1.165) is 30.8 Å². The minimum atomic E-state index is -0.0661. The zero-order valence-electron chi connectivity index (χ0n) is 13.4. The lowest BCUT2D eigenvalue weighted by molar-refractivity contribution is 0.0917. The highest BCUT2D eigenvalue weighted by Gasteiger charge is 2.26. The summed E-state index contributed by atoms with van der Waals surface area (Å²) in [4.78, 5) is 23.3. The lowest BCUT2D eigenvalue weighted by Gasteiger charge is -2.24. The van der Waals surface area contributed by atoms with Gasteiger partial charge in [-0.25, -0.2) is 4.98 Å². The number of anilines is 1. The molecule has 5 nitrogen and oxygen atoms in total. The summed E-state index contributed by atoms with van der Waals surface area (Å²) < 4.78 is 5.71. The Balaban J connectivity index is 1.85. The van der Waals surface area contributed by atoms with Crippen molar-refractivity contribution in [1.29, 1.82) is 0 Å². The fraction of sp³-hybridized carbons (Fsp3) is 0.471. The minimum absolute atomic E-state index is 0.0661. The van der Waals surface area contributed by atoms with Crippen LogP contribution in [0.2, 0.25) is 0 Å². The Morgan fingerprint density at radius 2 is 2.22 bits per heavy atom. The van der Waals surface area contributed by atoms with Crippen molar-refractivity contribution in [3.8, 4) is 0 Å². The first-order valence-corrected chi connectivity index (χ1v) is 8.82. The molecule has 0 saturated carbocycles. The molecule has 1 aliphatic heterocycles. The molecule has 23 heavy (non-hydrogen) atoms. The minimum Gasteiger partial charge on any atom is -0.376 e. The Bertz CT molecular complexity index is 651. The van der Waals surface area contributed by atoms with E-state index in [2.05, 4.69) is 23.8 Å².